The Morgan fingerprint density at radius 1 is 1.22 bits per heavy atom. The second kappa shape index (κ2) is 5.51. The molecule has 0 aliphatic heterocycles. The summed E-state index contributed by atoms with van der Waals surface area (Å²) >= 11 is 0. The van der Waals surface area contributed by atoms with Crippen LogP contribution in [0, 0.1) is 17.6 Å². The number of hydrogen-bond acceptors (Lipinski definition) is 1. The quantitative estimate of drug-likeness (QED) is 0.852. The molecule has 1 fully saturated rings. The molecular weight excluding hydrogens is 232 g/mol. The summed E-state index contributed by atoms with van der Waals surface area (Å²) in [6.07, 6.45) is 4.49. The van der Waals surface area contributed by atoms with Gasteiger partial charge in [0.15, 0.2) is 0 Å². The lowest BCUT2D eigenvalue weighted by atomic mass is 9.87. The maximum Gasteiger partial charge on any atom is 0.132 e. The molecule has 0 amide bonds. The lowest BCUT2D eigenvalue weighted by Gasteiger charge is -2.28. The van der Waals surface area contributed by atoms with E-state index in [1.165, 1.54) is 18.9 Å². The summed E-state index contributed by atoms with van der Waals surface area (Å²) in [4.78, 5) is 0. The third-order valence-corrected chi connectivity index (χ3v) is 3.65. The fraction of sp³-hybridized carbons (Fsp3) is 0.467. The predicted molar refractivity (Wildman–Crippen MR) is 69.9 cm³/mol. The maximum absolute atomic E-state index is 13.6. The Bertz CT molecular complexity index is 434. The molecule has 1 aromatic rings. The summed E-state index contributed by atoms with van der Waals surface area (Å²) in [5.74, 6) is -0.105. The van der Waals surface area contributed by atoms with Gasteiger partial charge in [-0.15, -0.1) is 0 Å². The van der Waals surface area contributed by atoms with Gasteiger partial charge in [0.25, 0.3) is 0 Å². The molecule has 1 aliphatic carbocycles. The van der Waals surface area contributed by atoms with E-state index in [0.717, 1.165) is 30.9 Å². The predicted octanol–water partition coefficient (Wildman–Crippen LogP) is 4.10. The first-order valence-electron chi connectivity index (χ1n) is 6.47. The molecule has 0 radical (unpaired) electrons. The Kier molecular flexibility index (Phi) is 4.00. The van der Waals surface area contributed by atoms with Gasteiger partial charge >= 0.3 is 0 Å². The molecule has 0 heterocycles. The number of benzene rings is 1. The van der Waals surface area contributed by atoms with Crippen LogP contribution in [-0.2, 0) is 0 Å². The first-order chi connectivity index (χ1) is 8.56. The number of rotatable bonds is 3. The number of nitrogens with one attached hydrogen (secondary N) is 1. The van der Waals surface area contributed by atoms with Crippen molar-refractivity contribution >= 4 is 5.70 Å². The van der Waals surface area contributed by atoms with Gasteiger partial charge in [0.05, 0.1) is 0 Å². The minimum atomic E-state index is -0.438. The SMILES string of the molecule is C=C(NC1CCC(C)CC1)c1cc(F)ccc1F. The Morgan fingerprint density at radius 3 is 2.56 bits per heavy atom. The fourth-order valence-corrected chi connectivity index (χ4v) is 2.46. The fourth-order valence-electron chi connectivity index (χ4n) is 2.46. The van der Waals surface area contributed by atoms with E-state index < -0.39 is 11.6 Å². The van der Waals surface area contributed by atoms with Crippen molar-refractivity contribution in [1.29, 1.82) is 0 Å². The zero-order valence-corrected chi connectivity index (χ0v) is 10.7. The van der Waals surface area contributed by atoms with Crippen molar-refractivity contribution in [3.8, 4) is 0 Å². The van der Waals surface area contributed by atoms with E-state index in [-0.39, 0.29) is 5.56 Å². The van der Waals surface area contributed by atoms with Crippen LogP contribution in [0.4, 0.5) is 8.78 Å². The highest BCUT2D eigenvalue weighted by atomic mass is 19.1. The molecule has 0 aromatic heterocycles. The average Bonchev–Trinajstić information content (AvgIpc) is 2.35. The Labute approximate surface area is 107 Å². The molecule has 1 aromatic carbocycles. The van der Waals surface area contributed by atoms with Gasteiger partial charge in [-0.05, 0) is 49.8 Å². The molecule has 1 saturated carbocycles. The Hall–Kier alpha value is -1.38. The average molecular weight is 251 g/mol. The molecule has 0 atom stereocenters. The van der Waals surface area contributed by atoms with Gasteiger partial charge in [0, 0.05) is 17.3 Å². The standard InChI is InChI=1S/C15H19F2N/c1-10-3-6-13(7-4-10)18-11(2)14-9-12(16)5-8-15(14)17/h5,8-10,13,18H,2-4,6-7H2,1H3. The largest absolute Gasteiger partial charge is 0.382 e. The summed E-state index contributed by atoms with van der Waals surface area (Å²) in [6.45, 7) is 6.07. The van der Waals surface area contributed by atoms with Gasteiger partial charge in [-0.1, -0.05) is 13.5 Å². The highest BCUT2D eigenvalue weighted by Crippen LogP contribution is 2.25. The second-order valence-corrected chi connectivity index (χ2v) is 5.20. The second-order valence-electron chi connectivity index (χ2n) is 5.20. The normalized spacial score (nSPS) is 23.7. The third-order valence-electron chi connectivity index (χ3n) is 3.65. The van der Waals surface area contributed by atoms with E-state index in [1.54, 1.807) is 0 Å². The van der Waals surface area contributed by atoms with E-state index in [0.29, 0.717) is 11.7 Å². The molecule has 0 bridgehead atoms. The highest BCUT2D eigenvalue weighted by Gasteiger charge is 2.19. The van der Waals surface area contributed by atoms with Crippen molar-refractivity contribution in [1.82, 2.24) is 5.32 Å². The van der Waals surface area contributed by atoms with Gasteiger partial charge < -0.3 is 5.32 Å². The van der Waals surface area contributed by atoms with Crippen molar-refractivity contribution in [2.75, 3.05) is 0 Å². The first kappa shape index (κ1) is 13.1. The van der Waals surface area contributed by atoms with Crippen LogP contribution < -0.4 is 5.32 Å². The molecular formula is C15H19F2N. The van der Waals surface area contributed by atoms with Crippen molar-refractivity contribution < 1.29 is 8.78 Å². The van der Waals surface area contributed by atoms with Crippen LogP contribution in [0.25, 0.3) is 5.70 Å². The zero-order chi connectivity index (χ0) is 13.1. The Balaban J connectivity index is 2.01. The van der Waals surface area contributed by atoms with Crippen molar-refractivity contribution in [3.63, 3.8) is 0 Å². The van der Waals surface area contributed by atoms with Crippen LogP contribution in [0.15, 0.2) is 24.8 Å². The van der Waals surface area contributed by atoms with Crippen LogP contribution >= 0.6 is 0 Å². The summed E-state index contributed by atoms with van der Waals surface area (Å²) < 4.78 is 26.7. The van der Waals surface area contributed by atoms with Crippen LogP contribution in [0.5, 0.6) is 0 Å². The minimum Gasteiger partial charge on any atom is -0.382 e. The van der Waals surface area contributed by atoms with Gasteiger partial charge in [-0.2, -0.15) is 0 Å². The Morgan fingerprint density at radius 2 is 1.89 bits per heavy atom. The van der Waals surface area contributed by atoms with Gasteiger partial charge in [0.1, 0.15) is 11.6 Å². The van der Waals surface area contributed by atoms with Crippen LogP contribution in [0.2, 0.25) is 0 Å². The summed E-state index contributed by atoms with van der Waals surface area (Å²) in [5, 5.41) is 3.22. The molecule has 98 valence electrons. The molecule has 1 aliphatic rings. The molecule has 18 heavy (non-hydrogen) atoms. The molecule has 0 spiro atoms. The van der Waals surface area contributed by atoms with Gasteiger partial charge in [0.2, 0.25) is 0 Å². The molecule has 1 nitrogen and oxygen atoms in total. The molecule has 1 N–H and O–H groups in total. The van der Waals surface area contributed by atoms with Gasteiger partial charge in [-0.3, -0.25) is 0 Å². The maximum atomic E-state index is 13.6. The lowest BCUT2D eigenvalue weighted by Crippen LogP contribution is -2.31. The molecule has 0 saturated heterocycles. The van der Waals surface area contributed by atoms with E-state index in [2.05, 4.69) is 18.8 Å². The molecule has 0 unspecified atom stereocenters. The van der Waals surface area contributed by atoms with Crippen molar-refractivity contribution in [2.24, 2.45) is 5.92 Å². The number of halogens is 2. The molecule has 3 heteroatoms. The van der Waals surface area contributed by atoms with Crippen molar-refractivity contribution in [2.45, 2.75) is 38.6 Å². The van der Waals surface area contributed by atoms with E-state index >= 15 is 0 Å². The zero-order valence-electron chi connectivity index (χ0n) is 10.7. The highest BCUT2D eigenvalue weighted by molar-refractivity contribution is 5.62. The van der Waals surface area contributed by atoms with Crippen molar-refractivity contribution in [3.05, 3.63) is 42.0 Å². The van der Waals surface area contributed by atoms with E-state index in [9.17, 15) is 8.78 Å². The monoisotopic (exact) mass is 251 g/mol. The van der Waals surface area contributed by atoms with Crippen LogP contribution in [0.3, 0.4) is 0 Å². The lowest BCUT2D eigenvalue weighted by molar-refractivity contribution is 0.328. The summed E-state index contributed by atoms with van der Waals surface area (Å²) in [6, 6.07) is 3.78. The third kappa shape index (κ3) is 3.09. The summed E-state index contributed by atoms with van der Waals surface area (Å²) in [5.41, 5.74) is 0.708. The van der Waals surface area contributed by atoms with Crippen LogP contribution in [0.1, 0.15) is 38.2 Å². The van der Waals surface area contributed by atoms with E-state index in [1.807, 2.05) is 0 Å². The topological polar surface area (TPSA) is 12.0 Å². The smallest absolute Gasteiger partial charge is 0.132 e. The number of hydrogen-bond donors (Lipinski definition) is 1. The first-order valence-corrected chi connectivity index (χ1v) is 6.47. The van der Waals surface area contributed by atoms with Crippen LogP contribution in [-0.4, -0.2) is 6.04 Å². The molecule has 2 rings (SSSR count). The summed E-state index contributed by atoms with van der Waals surface area (Å²) in [7, 11) is 0. The van der Waals surface area contributed by atoms with Gasteiger partial charge in [-0.25, -0.2) is 8.78 Å². The minimum absolute atomic E-state index is 0.230. The van der Waals surface area contributed by atoms with E-state index in [4.69, 9.17) is 0 Å².